The Morgan fingerprint density at radius 3 is 2.19 bits per heavy atom. The number of carbonyl (C=O) groups excluding carboxylic acids is 2. The van der Waals surface area contributed by atoms with Crippen molar-refractivity contribution >= 4 is 23.6 Å². The summed E-state index contributed by atoms with van der Waals surface area (Å²) < 4.78 is 0. The van der Waals surface area contributed by atoms with E-state index in [9.17, 15) is 9.59 Å². The molecule has 0 aromatic heterocycles. The van der Waals surface area contributed by atoms with Gasteiger partial charge in [0.1, 0.15) is 6.04 Å². The molecule has 0 aliphatic heterocycles. The van der Waals surface area contributed by atoms with E-state index < -0.39 is 6.04 Å². The SMILES string of the molecule is Cc1ccc(CN(C(=O)CCSc2ccccc2)[C@H](Cc2ccccc2)C(=O)NC2CCCC2)cc1. The van der Waals surface area contributed by atoms with E-state index in [1.807, 2.05) is 53.4 Å². The molecular formula is C31H36N2O2S. The van der Waals surface area contributed by atoms with Crippen molar-refractivity contribution in [1.29, 1.82) is 0 Å². The zero-order valence-corrected chi connectivity index (χ0v) is 21.9. The van der Waals surface area contributed by atoms with Crippen LogP contribution in [-0.4, -0.2) is 34.6 Å². The van der Waals surface area contributed by atoms with Crippen LogP contribution in [0.5, 0.6) is 0 Å². The molecule has 4 rings (SSSR count). The Bertz CT molecular complexity index is 1100. The number of nitrogens with one attached hydrogen (secondary N) is 1. The zero-order valence-electron chi connectivity index (χ0n) is 21.1. The highest BCUT2D eigenvalue weighted by molar-refractivity contribution is 7.99. The molecule has 1 aliphatic rings. The molecule has 3 aromatic rings. The average molecular weight is 501 g/mol. The summed E-state index contributed by atoms with van der Waals surface area (Å²) in [6.07, 6.45) is 5.22. The summed E-state index contributed by atoms with van der Waals surface area (Å²) >= 11 is 1.68. The van der Waals surface area contributed by atoms with Gasteiger partial charge >= 0.3 is 0 Å². The van der Waals surface area contributed by atoms with Gasteiger partial charge in [0, 0.05) is 36.1 Å². The molecule has 0 radical (unpaired) electrons. The minimum atomic E-state index is -0.552. The Morgan fingerprint density at radius 2 is 1.53 bits per heavy atom. The highest BCUT2D eigenvalue weighted by Crippen LogP contribution is 2.22. The van der Waals surface area contributed by atoms with Crippen LogP contribution in [-0.2, 0) is 22.6 Å². The first-order chi connectivity index (χ1) is 17.6. The summed E-state index contributed by atoms with van der Waals surface area (Å²) in [5.41, 5.74) is 3.27. The average Bonchev–Trinajstić information content (AvgIpc) is 3.41. The highest BCUT2D eigenvalue weighted by Gasteiger charge is 2.32. The van der Waals surface area contributed by atoms with Crippen LogP contribution in [0, 0.1) is 6.92 Å². The Morgan fingerprint density at radius 1 is 0.889 bits per heavy atom. The lowest BCUT2D eigenvalue weighted by Crippen LogP contribution is -2.52. The van der Waals surface area contributed by atoms with E-state index in [0.717, 1.165) is 41.7 Å². The maximum absolute atomic E-state index is 13.7. The van der Waals surface area contributed by atoms with Crippen LogP contribution in [0.2, 0.25) is 0 Å². The molecule has 1 N–H and O–H groups in total. The van der Waals surface area contributed by atoms with Gasteiger partial charge in [-0.1, -0.05) is 91.2 Å². The first-order valence-corrected chi connectivity index (χ1v) is 13.9. The molecule has 0 unspecified atom stereocenters. The highest BCUT2D eigenvalue weighted by atomic mass is 32.2. The Hall–Kier alpha value is -3.05. The summed E-state index contributed by atoms with van der Waals surface area (Å²) in [7, 11) is 0. The Labute approximate surface area is 219 Å². The summed E-state index contributed by atoms with van der Waals surface area (Å²) in [6, 6.07) is 28.1. The lowest BCUT2D eigenvalue weighted by atomic mass is 10.0. The predicted octanol–water partition coefficient (Wildman–Crippen LogP) is 6.18. The van der Waals surface area contributed by atoms with Gasteiger partial charge in [-0.2, -0.15) is 0 Å². The van der Waals surface area contributed by atoms with Crippen molar-refractivity contribution in [2.45, 2.75) is 69.0 Å². The van der Waals surface area contributed by atoms with Crippen LogP contribution in [0.25, 0.3) is 0 Å². The number of hydrogen-bond acceptors (Lipinski definition) is 3. The van der Waals surface area contributed by atoms with Crippen LogP contribution in [0.1, 0.15) is 48.8 Å². The predicted molar refractivity (Wildman–Crippen MR) is 148 cm³/mol. The van der Waals surface area contributed by atoms with E-state index in [1.54, 1.807) is 11.8 Å². The van der Waals surface area contributed by atoms with Gasteiger partial charge in [0.2, 0.25) is 11.8 Å². The number of thioether (sulfide) groups is 1. The first kappa shape index (κ1) is 26.0. The molecule has 0 heterocycles. The minimum absolute atomic E-state index is 0.0153. The monoisotopic (exact) mass is 500 g/mol. The first-order valence-electron chi connectivity index (χ1n) is 13.0. The topological polar surface area (TPSA) is 49.4 Å². The number of benzene rings is 3. The summed E-state index contributed by atoms with van der Waals surface area (Å²) in [4.78, 5) is 30.4. The van der Waals surface area contributed by atoms with E-state index in [2.05, 4.69) is 48.6 Å². The number of carbonyl (C=O) groups is 2. The molecule has 2 amide bonds. The number of nitrogens with zero attached hydrogens (tertiary/aromatic N) is 1. The number of amides is 2. The quantitative estimate of drug-likeness (QED) is 0.320. The van der Waals surface area contributed by atoms with Gasteiger partial charge in [-0.3, -0.25) is 9.59 Å². The van der Waals surface area contributed by atoms with Crippen molar-refractivity contribution in [2.24, 2.45) is 0 Å². The number of rotatable bonds is 11. The fourth-order valence-corrected chi connectivity index (χ4v) is 5.59. The van der Waals surface area contributed by atoms with Crippen molar-refractivity contribution in [1.82, 2.24) is 10.2 Å². The molecule has 0 bridgehead atoms. The standard InChI is InChI=1S/C31H36N2O2S/c1-24-16-18-26(19-17-24)23-33(30(34)20-21-36-28-14-6-3-7-15-28)29(22-25-10-4-2-5-11-25)31(35)32-27-12-8-9-13-27/h2-7,10-11,14-19,27,29H,8-9,12-13,20-23H2,1H3,(H,32,35)/t29-/m1/s1. The van der Waals surface area contributed by atoms with E-state index in [-0.39, 0.29) is 17.9 Å². The maximum Gasteiger partial charge on any atom is 0.243 e. The lowest BCUT2D eigenvalue weighted by Gasteiger charge is -2.32. The fourth-order valence-electron chi connectivity index (χ4n) is 4.73. The van der Waals surface area contributed by atoms with Crippen LogP contribution in [0.15, 0.2) is 89.8 Å². The summed E-state index contributed by atoms with van der Waals surface area (Å²) in [5.74, 6) is 0.652. The molecule has 1 aliphatic carbocycles. The van der Waals surface area contributed by atoms with Crippen molar-refractivity contribution in [3.63, 3.8) is 0 Å². The van der Waals surface area contributed by atoms with Crippen molar-refractivity contribution in [3.05, 3.63) is 102 Å². The van der Waals surface area contributed by atoms with Gasteiger partial charge < -0.3 is 10.2 Å². The zero-order chi connectivity index (χ0) is 25.2. The van der Waals surface area contributed by atoms with Crippen molar-refractivity contribution < 1.29 is 9.59 Å². The van der Waals surface area contributed by atoms with Crippen LogP contribution in [0.3, 0.4) is 0 Å². The van der Waals surface area contributed by atoms with Gasteiger partial charge in [0.15, 0.2) is 0 Å². The molecule has 36 heavy (non-hydrogen) atoms. The van der Waals surface area contributed by atoms with E-state index in [4.69, 9.17) is 0 Å². The molecule has 0 saturated heterocycles. The fraction of sp³-hybridized carbons (Fsp3) is 0.355. The minimum Gasteiger partial charge on any atom is -0.352 e. The molecular weight excluding hydrogens is 464 g/mol. The molecule has 188 valence electrons. The van der Waals surface area contributed by atoms with E-state index >= 15 is 0 Å². The van der Waals surface area contributed by atoms with Crippen LogP contribution < -0.4 is 5.32 Å². The van der Waals surface area contributed by atoms with Crippen molar-refractivity contribution in [2.75, 3.05) is 5.75 Å². The summed E-state index contributed by atoms with van der Waals surface area (Å²) in [6.45, 7) is 2.48. The van der Waals surface area contributed by atoms with E-state index in [0.29, 0.717) is 25.1 Å². The Kier molecular flexibility index (Phi) is 9.62. The molecule has 0 spiro atoms. The van der Waals surface area contributed by atoms with Gasteiger partial charge in [-0.25, -0.2) is 0 Å². The third-order valence-electron chi connectivity index (χ3n) is 6.77. The number of aryl methyl sites for hydroxylation is 1. The smallest absolute Gasteiger partial charge is 0.243 e. The maximum atomic E-state index is 13.7. The van der Waals surface area contributed by atoms with Gasteiger partial charge in [0.25, 0.3) is 0 Å². The normalized spacial score (nSPS) is 14.4. The third-order valence-corrected chi connectivity index (χ3v) is 7.79. The van der Waals surface area contributed by atoms with E-state index in [1.165, 1.54) is 5.56 Å². The largest absolute Gasteiger partial charge is 0.352 e. The molecule has 4 nitrogen and oxygen atoms in total. The van der Waals surface area contributed by atoms with Gasteiger partial charge in [-0.05, 0) is 43.0 Å². The molecule has 3 aromatic carbocycles. The molecule has 1 saturated carbocycles. The summed E-state index contributed by atoms with van der Waals surface area (Å²) in [5, 5.41) is 3.27. The Balaban J connectivity index is 1.56. The van der Waals surface area contributed by atoms with Gasteiger partial charge in [0.05, 0.1) is 0 Å². The second-order valence-electron chi connectivity index (χ2n) is 9.61. The second-order valence-corrected chi connectivity index (χ2v) is 10.8. The molecule has 5 heteroatoms. The number of hydrogen-bond donors (Lipinski definition) is 1. The van der Waals surface area contributed by atoms with Crippen LogP contribution >= 0.6 is 11.8 Å². The van der Waals surface area contributed by atoms with Gasteiger partial charge in [-0.15, -0.1) is 11.8 Å². The molecule has 1 fully saturated rings. The lowest BCUT2D eigenvalue weighted by molar-refractivity contribution is -0.141. The third kappa shape index (κ3) is 7.72. The van der Waals surface area contributed by atoms with Crippen LogP contribution in [0.4, 0.5) is 0 Å². The second kappa shape index (κ2) is 13.3. The molecule has 1 atom stereocenters. The van der Waals surface area contributed by atoms with Crippen molar-refractivity contribution in [3.8, 4) is 0 Å².